The molecule has 5 heteroatoms. The van der Waals surface area contributed by atoms with Crippen LogP contribution in [0.15, 0.2) is 18.2 Å². The van der Waals surface area contributed by atoms with Gasteiger partial charge in [-0.1, -0.05) is 12.1 Å². The standard InChI is InChI=1S/C16H22BNO3/c1-15(2)16(3,4)21-17(20-15)12-7-8-13-11(10-12)6-9-14(19)18(13)5/h7-8,10H,6,9H2,1-5H3/i5D3. The van der Waals surface area contributed by atoms with Crippen LogP contribution in [0.5, 0.6) is 0 Å². The third kappa shape index (κ3) is 2.28. The lowest BCUT2D eigenvalue weighted by Crippen LogP contribution is -2.41. The van der Waals surface area contributed by atoms with Crippen molar-refractivity contribution < 1.29 is 18.2 Å². The summed E-state index contributed by atoms with van der Waals surface area (Å²) in [5, 5.41) is 0. The van der Waals surface area contributed by atoms with E-state index in [1.54, 1.807) is 12.1 Å². The summed E-state index contributed by atoms with van der Waals surface area (Å²) >= 11 is 0. The zero-order valence-corrected chi connectivity index (χ0v) is 12.9. The minimum atomic E-state index is -2.47. The van der Waals surface area contributed by atoms with Gasteiger partial charge in [-0.15, -0.1) is 0 Å². The molecule has 112 valence electrons. The number of nitrogens with zero attached hydrogens (tertiary/aromatic N) is 1. The van der Waals surface area contributed by atoms with E-state index < -0.39 is 25.3 Å². The minimum absolute atomic E-state index is 0.193. The average molecular weight is 290 g/mol. The van der Waals surface area contributed by atoms with Crippen LogP contribution in [0, 0.1) is 0 Å². The molecule has 1 amide bonds. The van der Waals surface area contributed by atoms with Gasteiger partial charge in [-0.05, 0) is 51.2 Å². The molecule has 1 saturated heterocycles. The summed E-state index contributed by atoms with van der Waals surface area (Å²) in [6.45, 7) is 5.47. The summed E-state index contributed by atoms with van der Waals surface area (Å²) in [5.41, 5.74) is 1.25. The third-order valence-corrected chi connectivity index (χ3v) is 4.73. The molecule has 0 spiro atoms. The number of anilines is 1. The Morgan fingerprint density at radius 3 is 2.48 bits per heavy atom. The van der Waals surface area contributed by atoms with Crippen molar-refractivity contribution >= 4 is 24.2 Å². The van der Waals surface area contributed by atoms with Gasteiger partial charge in [0.2, 0.25) is 5.91 Å². The maximum absolute atomic E-state index is 12.0. The van der Waals surface area contributed by atoms with Gasteiger partial charge < -0.3 is 14.2 Å². The van der Waals surface area contributed by atoms with Crippen LogP contribution in [0.4, 0.5) is 5.69 Å². The Balaban J connectivity index is 1.95. The topological polar surface area (TPSA) is 38.8 Å². The van der Waals surface area contributed by atoms with E-state index in [-0.39, 0.29) is 12.3 Å². The maximum atomic E-state index is 12.0. The summed E-state index contributed by atoms with van der Waals surface area (Å²) < 4.78 is 34.9. The normalized spacial score (nSPS) is 26.1. The Labute approximate surface area is 130 Å². The van der Waals surface area contributed by atoms with Gasteiger partial charge in [-0.2, -0.15) is 0 Å². The highest BCUT2D eigenvalue weighted by Crippen LogP contribution is 2.37. The van der Waals surface area contributed by atoms with Crippen LogP contribution >= 0.6 is 0 Å². The van der Waals surface area contributed by atoms with Gasteiger partial charge >= 0.3 is 7.12 Å². The lowest BCUT2D eigenvalue weighted by Gasteiger charge is -2.32. The highest BCUT2D eigenvalue weighted by atomic mass is 16.7. The number of aryl methyl sites for hydroxylation is 1. The van der Waals surface area contributed by atoms with Crippen LogP contribution in [-0.4, -0.2) is 31.2 Å². The Kier molecular flexibility index (Phi) is 2.46. The molecule has 21 heavy (non-hydrogen) atoms. The largest absolute Gasteiger partial charge is 0.494 e. The van der Waals surface area contributed by atoms with E-state index in [2.05, 4.69) is 0 Å². The second-order valence-electron chi connectivity index (χ2n) is 6.71. The smallest absolute Gasteiger partial charge is 0.399 e. The van der Waals surface area contributed by atoms with Crippen molar-refractivity contribution in [2.75, 3.05) is 11.9 Å². The van der Waals surface area contributed by atoms with Gasteiger partial charge in [0.1, 0.15) is 0 Å². The molecule has 0 aromatic heterocycles. The van der Waals surface area contributed by atoms with Gasteiger partial charge in [0.25, 0.3) is 0 Å². The number of amides is 1. The molecule has 0 saturated carbocycles. The predicted octanol–water partition coefficient (Wildman–Crippen LogP) is 1.89. The van der Waals surface area contributed by atoms with Gasteiger partial charge in [0.05, 0.1) is 11.2 Å². The van der Waals surface area contributed by atoms with Gasteiger partial charge in [0.15, 0.2) is 0 Å². The quantitative estimate of drug-likeness (QED) is 0.741. The number of hydrogen-bond donors (Lipinski definition) is 0. The molecule has 0 bridgehead atoms. The summed E-state index contributed by atoms with van der Waals surface area (Å²) in [4.78, 5) is 12.9. The van der Waals surface area contributed by atoms with Crippen molar-refractivity contribution in [2.45, 2.75) is 51.7 Å². The molecule has 0 aliphatic carbocycles. The monoisotopic (exact) mass is 290 g/mol. The van der Waals surface area contributed by atoms with Crippen LogP contribution in [0.1, 0.15) is 43.8 Å². The molecule has 1 fully saturated rings. The number of fused-ring (bicyclic) bond motifs is 1. The van der Waals surface area contributed by atoms with E-state index in [4.69, 9.17) is 13.4 Å². The van der Waals surface area contributed by atoms with Crippen LogP contribution in [0.25, 0.3) is 0 Å². The maximum Gasteiger partial charge on any atom is 0.494 e. The van der Waals surface area contributed by atoms with Crippen LogP contribution in [0.2, 0.25) is 0 Å². The first-order valence-corrected chi connectivity index (χ1v) is 7.24. The first kappa shape index (κ1) is 11.3. The molecule has 0 N–H and O–H groups in total. The molecule has 3 rings (SSSR count). The summed E-state index contributed by atoms with van der Waals surface area (Å²) in [5.74, 6) is -0.370. The van der Waals surface area contributed by atoms with E-state index in [9.17, 15) is 4.79 Å². The molecule has 0 radical (unpaired) electrons. The van der Waals surface area contributed by atoms with Crippen molar-refractivity contribution in [3.8, 4) is 0 Å². The van der Waals surface area contributed by atoms with E-state index in [0.717, 1.165) is 15.9 Å². The second-order valence-corrected chi connectivity index (χ2v) is 6.71. The van der Waals surface area contributed by atoms with Crippen molar-refractivity contribution in [3.63, 3.8) is 0 Å². The van der Waals surface area contributed by atoms with Gasteiger partial charge in [-0.25, -0.2) is 0 Å². The van der Waals surface area contributed by atoms with E-state index >= 15 is 0 Å². The van der Waals surface area contributed by atoms with Crippen molar-refractivity contribution in [1.29, 1.82) is 0 Å². The number of carbonyl (C=O) groups excluding carboxylic acids is 1. The molecular weight excluding hydrogens is 265 g/mol. The molecule has 1 aromatic carbocycles. The van der Waals surface area contributed by atoms with E-state index in [1.807, 2.05) is 33.8 Å². The fourth-order valence-electron chi connectivity index (χ4n) is 2.64. The number of rotatable bonds is 1. The van der Waals surface area contributed by atoms with Crippen molar-refractivity contribution in [3.05, 3.63) is 23.8 Å². The summed E-state index contributed by atoms with van der Waals surface area (Å²) in [7, 11) is -0.501. The first-order valence-electron chi connectivity index (χ1n) is 8.74. The van der Waals surface area contributed by atoms with Crippen molar-refractivity contribution in [1.82, 2.24) is 0 Å². The summed E-state index contributed by atoms with van der Waals surface area (Å²) in [6.07, 6.45) is 0.715. The first-order chi connectivity index (χ1) is 10.9. The van der Waals surface area contributed by atoms with Crippen LogP contribution in [-0.2, 0) is 20.5 Å². The Morgan fingerprint density at radius 1 is 1.19 bits per heavy atom. The van der Waals surface area contributed by atoms with Crippen LogP contribution < -0.4 is 10.4 Å². The van der Waals surface area contributed by atoms with Gasteiger partial charge in [-0.3, -0.25) is 4.79 Å². The van der Waals surface area contributed by atoms with Crippen molar-refractivity contribution in [2.24, 2.45) is 0 Å². The highest BCUT2D eigenvalue weighted by Gasteiger charge is 2.51. The predicted molar refractivity (Wildman–Crippen MR) is 83.9 cm³/mol. The molecule has 2 aliphatic heterocycles. The summed E-state index contributed by atoms with van der Waals surface area (Å²) in [6, 6.07) is 5.35. The second kappa shape index (κ2) is 4.58. The van der Waals surface area contributed by atoms with E-state index in [0.29, 0.717) is 12.1 Å². The molecular formula is C16H22BNO3. The van der Waals surface area contributed by atoms with Gasteiger partial charge in [0, 0.05) is 23.2 Å². The lowest BCUT2D eigenvalue weighted by molar-refractivity contribution is -0.118. The fourth-order valence-corrected chi connectivity index (χ4v) is 2.64. The molecule has 2 aliphatic rings. The third-order valence-electron chi connectivity index (χ3n) is 4.73. The Hall–Kier alpha value is -1.33. The zero-order valence-electron chi connectivity index (χ0n) is 15.9. The fraction of sp³-hybridized carbons (Fsp3) is 0.562. The van der Waals surface area contributed by atoms with E-state index in [1.165, 1.54) is 0 Å². The Morgan fingerprint density at radius 2 is 1.86 bits per heavy atom. The highest BCUT2D eigenvalue weighted by molar-refractivity contribution is 6.62. The molecule has 4 nitrogen and oxygen atoms in total. The molecule has 0 atom stereocenters. The minimum Gasteiger partial charge on any atom is -0.399 e. The SMILES string of the molecule is [2H]C([2H])([2H])N1C(=O)CCc2cc(B3OC(C)(C)C(C)(C)O3)ccc21. The molecule has 2 heterocycles. The lowest BCUT2D eigenvalue weighted by atomic mass is 9.77. The molecule has 0 unspecified atom stereocenters. The van der Waals surface area contributed by atoms with Crippen LogP contribution in [0.3, 0.4) is 0 Å². The Bertz CT molecular complexity index is 672. The number of benzene rings is 1. The number of carbonyl (C=O) groups is 1. The number of hydrogen-bond acceptors (Lipinski definition) is 3. The average Bonchev–Trinajstić information content (AvgIpc) is 2.65. The zero-order chi connectivity index (χ0) is 17.9. The molecule has 1 aromatic rings.